The summed E-state index contributed by atoms with van der Waals surface area (Å²) >= 11 is 0. The highest BCUT2D eigenvalue weighted by molar-refractivity contribution is 7.91. The van der Waals surface area contributed by atoms with Crippen molar-refractivity contribution in [1.29, 1.82) is 0 Å². The van der Waals surface area contributed by atoms with Crippen LogP contribution in [-0.4, -0.2) is 39.7 Å². The Morgan fingerprint density at radius 3 is 2.69 bits per heavy atom. The maximum atomic E-state index is 11.5. The monoisotopic (exact) mass is 249 g/mol. The van der Waals surface area contributed by atoms with Crippen molar-refractivity contribution in [2.24, 2.45) is 11.7 Å². The van der Waals surface area contributed by atoms with Crippen molar-refractivity contribution in [3.63, 3.8) is 0 Å². The number of hydrogen-bond acceptors (Lipinski definition) is 4. The Hall–Kier alpha value is -0.130. The van der Waals surface area contributed by atoms with Gasteiger partial charge in [0.2, 0.25) is 0 Å². The van der Waals surface area contributed by atoms with Crippen molar-refractivity contribution >= 4 is 9.84 Å². The molecule has 1 rings (SSSR count). The van der Waals surface area contributed by atoms with Gasteiger partial charge in [-0.3, -0.25) is 0 Å². The lowest BCUT2D eigenvalue weighted by Gasteiger charge is -2.31. The molecule has 1 aliphatic carbocycles. The van der Waals surface area contributed by atoms with Gasteiger partial charge in [0.25, 0.3) is 0 Å². The molecule has 4 nitrogen and oxygen atoms in total. The van der Waals surface area contributed by atoms with Crippen molar-refractivity contribution in [2.45, 2.75) is 43.4 Å². The third kappa shape index (κ3) is 4.03. The lowest BCUT2D eigenvalue weighted by atomic mass is 9.83. The summed E-state index contributed by atoms with van der Waals surface area (Å²) in [4.78, 5) is 0. The van der Waals surface area contributed by atoms with Gasteiger partial charge >= 0.3 is 0 Å². The number of methoxy groups -OCH3 is 1. The molecule has 1 saturated carbocycles. The molecule has 3 unspecified atom stereocenters. The Morgan fingerprint density at radius 1 is 1.44 bits per heavy atom. The zero-order valence-electron chi connectivity index (χ0n) is 10.2. The first-order valence-electron chi connectivity index (χ1n) is 5.88. The van der Waals surface area contributed by atoms with E-state index in [1.54, 1.807) is 7.11 Å². The lowest BCUT2D eigenvalue weighted by molar-refractivity contribution is 0.171. The van der Waals surface area contributed by atoms with Gasteiger partial charge in [0.05, 0.1) is 5.25 Å². The SMILES string of the molecule is COCCC(N)C1CCCC(S(C)(=O)=O)C1. The van der Waals surface area contributed by atoms with Crippen LogP contribution in [0.4, 0.5) is 0 Å². The van der Waals surface area contributed by atoms with Gasteiger partial charge < -0.3 is 10.5 Å². The lowest BCUT2D eigenvalue weighted by Crippen LogP contribution is -2.38. The third-order valence-electron chi connectivity index (χ3n) is 3.53. The number of nitrogens with two attached hydrogens (primary N) is 1. The fourth-order valence-electron chi connectivity index (χ4n) is 2.45. The Kier molecular flexibility index (Phi) is 5.21. The topological polar surface area (TPSA) is 69.4 Å². The molecule has 0 radical (unpaired) electrons. The molecule has 0 aromatic heterocycles. The van der Waals surface area contributed by atoms with Crippen LogP contribution in [0.2, 0.25) is 0 Å². The van der Waals surface area contributed by atoms with Crippen LogP contribution in [-0.2, 0) is 14.6 Å². The normalized spacial score (nSPS) is 28.9. The van der Waals surface area contributed by atoms with Crippen LogP contribution >= 0.6 is 0 Å². The van der Waals surface area contributed by atoms with Gasteiger partial charge in [-0.25, -0.2) is 8.42 Å². The summed E-state index contributed by atoms with van der Waals surface area (Å²) in [6, 6.07) is 0.0736. The van der Waals surface area contributed by atoms with Gasteiger partial charge in [-0.05, 0) is 31.6 Å². The fraction of sp³-hybridized carbons (Fsp3) is 1.00. The summed E-state index contributed by atoms with van der Waals surface area (Å²) in [6.07, 6.45) is 5.70. The van der Waals surface area contributed by atoms with Crippen LogP contribution < -0.4 is 5.73 Å². The van der Waals surface area contributed by atoms with E-state index in [-0.39, 0.29) is 11.3 Å². The minimum atomic E-state index is -2.90. The molecular weight excluding hydrogens is 226 g/mol. The third-order valence-corrected chi connectivity index (χ3v) is 5.17. The highest BCUT2D eigenvalue weighted by Crippen LogP contribution is 2.30. The molecule has 3 atom stereocenters. The van der Waals surface area contributed by atoms with Gasteiger partial charge in [-0.15, -0.1) is 0 Å². The molecule has 16 heavy (non-hydrogen) atoms. The van der Waals surface area contributed by atoms with Gasteiger partial charge in [0.15, 0.2) is 0 Å². The van der Waals surface area contributed by atoms with Crippen LogP contribution in [0.3, 0.4) is 0 Å². The molecule has 0 aromatic rings. The summed E-state index contributed by atoms with van der Waals surface area (Å²) in [6.45, 7) is 0.654. The average Bonchev–Trinajstić information content (AvgIpc) is 2.25. The van der Waals surface area contributed by atoms with E-state index in [9.17, 15) is 8.42 Å². The predicted octanol–water partition coefficient (Wildman–Crippen LogP) is 0.954. The van der Waals surface area contributed by atoms with Crippen molar-refractivity contribution in [1.82, 2.24) is 0 Å². The molecule has 0 amide bonds. The van der Waals surface area contributed by atoms with Gasteiger partial charge in [-0.2, -0.15) is 0 Å². The van der Waals surface area contributed by atoms with Crippen molar-refractivity contribution in [3.05, 3.63) is 0 Å². The molecule has 2 N–H and O–H groups in total. The Bertz CT molecular complexity index is 302. The molecule has 5 heteroatoms. The van der Waals surface area contributed by atoms with Crippen LogP contribution in [0.25, 0.3) is 0 Å². The predicted molar refractivity (Wildman–Crippen MR) is 65.1 cm³/mol. The molecule has 1 fully saturated rings. The average molecular weight is 249 g/mol. The van der Waals surface area contributed by atoms with Gasteiger partial charge in [0, 0.05) is 26.0 Å². The van der Waals surface area contributed by atoms with E-state index in [2.05, 4.69) is 0 Å². The summed E-state index contributed by atoms with van der Waals surface area (Å²) in [5.74, 6) is 0.337. The second-order valence-corrected chi connectivity index (χ2v) is 7.15. The highest BCUT2D eigenvalue weighted by Gasteiger charge is 2.31. The maximum Gasteiger partial charge on any atom is 0.150 e. The van der Waals surface area contributed by atoms with E-state index >= 15 is 0 Å². The molecule has 1 aliphatic rings. The van der Waals surface area contributed by atoms with Crippen LogP contribution in [0.1, 0.15) is 32.1 Å². The molecule has 0 aliphatic heterocycles. The highest BCUT2D eigenvalue weighted by atomic mass is 32.2. The van der Waals surface area contributed by atoms with E-state index in [4.69, 9.17) is 10.5 Å². The Labute approximate surface area is 98.5 Å². The first-order chi connectivity index (χ1) is 7.45. The number of rotatable bonds is 5. The Balaban J connectivity index is 2.50. The Morgan fingerprint density at radius 2 is 2.12 bits per heavy atom. The first kappa shape index (κ1) is 13.9. The van der Waals surface area contributed by atoms with E-state index in [0.29, 0.717) is 12.5 Å². The summed E-state index contributed by atoms with van der Waals surface area (Å²) in [5.41, 5.74) is 6.07. The molecule has 0 saturated heterocycles. The van der Waals surface area contributed by atoms with Crippen LogP contribution in [0.15, 0.2) is 0 Å². The second kappa shape index (κ2) is 5.98. The molecule has 0 heterocycles. The zero-order chi connectivity index (χ0) is 12.2. The van der Waals surface area contributed by atoms with Crippen LogP contribution in [0, 0.1) is 5.92 Å². The van der Waals surface area contributed by atoms with E-state index in [1.165, 1.54) is 6.26 Å². The molecule has 0 aromatic carbocycles. The van der Waals surface area contributed by atoms with E-state index in [0.717, 1.165) is 32.1 Å². The zero-order valence-corrected chi connectivity index (χ0v) is 11.0. The van der Waals surface area contributed by atoms with Gasteiger partial charge in [0.1, 0.15) is 9.84 Å². The summed E-state index contributed by atoms with van der Waals surface area (Å²) in [7, 11) is -1.24. The quantitative estimate of drug-likeness (QED) is 0.787. The molecule has 0 spiro atoms. The fourth-order valence-corrected chi connectivity index (χ4v) is 3.64. The van der Waals surface area contributed by atoms with Crippen molar-refractivity contribution in [2.75, 3.05) is 20.0 Å². The van der Waals surface area contributed by atoms with E-state index < -0.39 is 9.84 Å². The van der Waals surface area contributed by atoms with E-state index in [1.807, 2.05) is 0 Å². The largest absolute Gasteiger partial charge is 0.385 e. The maximum absolute atomic E-state index is 11.5. The standard InChI is InChI=1S/C11H23NO3S/c1-15-7-6-11(12)9-4-3-5-10(8-9)16(2,13)14/h9-11H,3-8,12H2,1-2H3. The van der Waals surface area contributed by atoms with Gasteiger partial charge in [-0.1, -0.05) is 6.42 Å². The number of ether oxygens (including phenoxy) is 1. The molecule has 96 valence electrons. The summed E-state index contributed by atoms with van der Waals surface area (Å²) < 4.78 is 28.0. The number of sulfone groups is 1. The number of hydrogen-bond donors (Lipinski definition) is 1. The van der Waals surface area contributed by atoms with Crippen LogP contribution in [0.5, 0.6) is 0 Å². The minimum Gasteiger partial charge on any atom is -0.385 e. The second-order valence-electron chi connectivity index (χ2n) is 4.82. The van der Waals surface area contributed by atoms with Crippen molar-refractivity contribution in [3.8, 4) is 0 Å². The smallest absolute Gasteiger partial charge is 0.150 e. The summed E-state index contributed by atoms with van der Waals surface area (Å²) in [5, 5.41) is -0.181. The first-order valence-corrected chi connectivity index (χ1v) is 7.84. The minimum absolute atomic E-state index is 0.0736. The molecule has 0 bridgehead atoms. The molecular formula is C11H23NO3S. The van der Waals surface area contributed by atoms with Crippen molar-refractivity contribution < 1.29 is 13.2 Å².